The minimum atomic E-state index is -1.40. The van der Waals surface area contributed by atoms with Gasteiger partial charge < -0.3 is 25.5 Å². The van der Waals surface area contributed by atoms with E-state index in [9.17, 15) is 24.0 Å². The van der Waals surface area contributed by atoms with Gasteiger partial charge in [-0.2, -0.15) is 0 Å². The van der Waals surface area contributed by atoms with Gasteiger partial charge in [-0.05, 0) is 0 Å². The minimum absolute atomic E-state index is 0.665. The van der Waals surface area contributed by atoms with Crippen LogP contribution in [0.1, 0.15) is 19.3 Å². The Morgan fingerprint density at radius 3 is 1.05 bits per heavy atom. The summed E-state index contributed by atoms with van der Waals surface area (Å²) in [5, 5.41) is 40.1. The third-order valence-corrected chi connectivity index (χ3v) is 1.49. The molecule has 0 fully saturated rings. The zero-order chi connectivity index (χ0) is 15.6. The van der Waals surface area contributed by atoms with Gasteiger partial charge in [-0.25, -0.2) is 0 Å². The number of rotatable bonds is 7. The number of hydrogen-bond acceptors (Lipinski definition) is 5. The summed E-state index contributed by atoms with van der Waals surface area (Å²) in [6.07, 6.45) is -2.14. The predicted octanol–water partition coefficient (Wildman–Crippen LogP) is -0.818. The molecule has 0 bridgehead atoms. The first-order chi connectivity index (χ1) is 8.56. The molecule has 0 amide bonds. The van der Waals surface area contributed by atoms with E-state index in [0.29, 0.717) is 0 Å². The van der Waals surface area contributed by atoms with Crippen LogP contribution in [0.25, 0.3) is 0 Å². The molecule has 0 aliphatic carbocycles. The fourth-order valence-corrected chi connectivity index (χ4v) is 0.798. The third-order valence-electron chi connectivity index (χ3n) is 1.49. The highest BCUT2D eigenvalue weighted by molar-refractivity contribution is 5.88. The molecule has 0 unspecified atom stereocenters. The minimum Gasteiger partial charge on any atom is -0.481 e. The Balaban J connectivity index is 0. The Labute approximate surface area is 105 Å². The lowest BCUT2D eigenvalue weighted by atomic mass is 10.0. The molecule has 10 nitrogen and oxygen atoms in total. The highest BCUT2D eigenvalue weighted by Gasteiger charge is 2.23. The van der Waals surface area contributed by atoms with Crippen molar-refractivity contribution < 1.29 is 49.5 Å². The van der Waals surface area contributed by atoms with E-state index in [1.54, 1.807) is 0 Å². The summed E-state index contributed by atoms with van der Waals surface area (Å²) in [6.45, 7) is 0. The lowest BCUT2D eigenvalue weighted by molar-refractivity contribution is -0.152. The topological polar surface area (TPSA) is 186 Å². The van der Waals surface area contributed by atoms with Crippen molar-refractivity contribution >= 4 is 29.8 Å². The van der Waals surface area contributed by atoms with Crippen molar-refractivity contribution in [2.45, 2.75) is 19.3 Å². The van der Waals surface area contributed by atoms with E-state index >= 15 is 0 Å². The fraction of sp³-hybridized carbons (Fsp3) is 0.444. The number of carbonyl (C=O) groups is 5. The van der Waals surface area contributed by atoms with E-state index in [4.69, 9.17) is 25.5 Å². The smallest absolute Gasteiger partial charge is 0.314 e. The van der Waals surface area contributed by atoms with Crippen molar-refractivity contribution in [3.05, 3.63) is 0 Å². The van der Waals surface area contributed by atoms with E-state index in [1.165, 1.54) is 0 Å². The van der Waals surface area contributed by atoms with Gasteiger partial charge in [-0.15, -0.1) is 0 Å². The van der Waals surface area contributed by atoms with Crippen LogP contribution in [-0.4, -0.2) is 55.4 Å². The van der Waals surface area contributed by atoms with Crippen LogP contribution in [0.15, 0.2) is 0 Å². The van der Waals surface area contributed by atoms with Crippen molar-refractivity contribution in [3.63, 3.8) is 0 Å². The predicted molar refractivity (Wildman–Crippen MR) is 55.5 cm³/mol. The molecular weight excluding hydrogens is 268 g/mol. The SMILES string of the molecule is O=C(O)CC(=O)O.O=C(O)CC(CC(=O)O)C(=O)O. The molecule has 5 N–H and O–H groups in total. The second kappa shape index (κ2) is 9.39. The summed E-state index contributed by atoms with van der Waals surface area (Å²) in [4.78, 5) is 49.2. The van der Waals surface area contributed by atoms with Crippen LogP contribution in [0.4, 0.5) is 0 Å². The second-order valence-corrected chi connectivity index (χ2v) is 3.20. The Bertz CT molecular complexity index is 343. The molecule has 0 atom stereocenters. The lowest BCUT2D eigenvalue weighted by Crippen LogP contribution is -2.20. The van der Waals surface area contributed by atoms with E-state index in [0.717, 1.165) is 0 Å². The first-order valence-electron chi connectivity index (χ1n) is 4.66. The van der Waals surface area contributed by atoms with Gasteiger partial charge in [0.2, 0.25) is 0 Å². The normalized spacial score (nSPS) is 9.11. The maximum absolute atomic E-state index is 10.2. The highest BCUT2D eigenvalue weighted by Crippen LogP contribution is 2.08. The largest absolute Gasteiger partial charge is 0.481 e. The molecule has 0 radical (unpaired) electrons. The second-order valence-electron chi connectivity index (χ2n) is 3.20. The summed E-state index contributed by atoms with van der Waals surface area (Å²) in [7, 11) is 0. The molecular formula is C9H12O10. The molecule has 0 aromatic carbocycles. The lowest BCUT2D eigenvalue weighted by Gasteiger charge is -2.04. The molecule has 0 aliphatic heterocycles. The molecule has 108 valence electrons. The van der Waals surface area contributed by atoms with Gasteiger partial charge in [0.05, 0.1) is 18.8 Å². The third kappa shape index (κ3) is 15.4. The monoisotopic (exact) mass is 280 g/mol. The van der Waals surface area contributed by atoms with Crippen LogP contribution < -0.4 is 0 Å². The molecule has 0 rings (SSSR count). The maximum Gasteiger partial charge on any atom is 0.314 e. The molecule has 19 heavy (non-hydrogen) atoms. The summed E-state index contributed by atoms with van der Waals surface area (Å²) in [6, 6.07) is 0. The van der Waals surface area contributed by atoms with Crippen molar-refractivity contribution in [1.29, 1.82) is 0 Å². The molecule has 0 saturated heterocycles. The molecule has 0 aromatic heterocycles. The molecule has 0 aliphatic rings. The van der Waals surface area contributed by atoms with Crippen molar-refractivity contribution in [1.82, 2.24) is 0 Å². The number of hydrogen-bond donors (Lipinski definition) is 5. The zero-order valence-corrected chi connectivity index (χ0v) is 9.48. The van der Waals surface area contributed by atoms with E-state index in [1.807, 2.05) is 0 Å². The average Bonchev–Trinajstić information content (AvgIpc) is 2.13. The average molecular weight is 280 g/mol. The standard InChI is InChI=1S/C6H8O6.C3H4O4/c7-4(8)1-3(6(11)12)2-5(9)10;4-2(5)1-3(6)7/h3H,1-2H2,(H,7,8)(H,9,10)(H,11,12);1H2,(H,4,5)(H,6,7). The van der Waals surface area contributed by atoms with E-state index < -0.39 is 55.0 Å². The maximum atomic E-state index is 10.2. The summed E-state index contributed by atoms with van der Waals surface area (Å²) in [5.74, 6) is -8.01. The molecule has 10 heteroatoms. The van der Waals surface area contributed by atoms with Crippen LogP contribution >= 0.6 is 0 Å². The van der Waals surface area contributed by atoms with Gasteiger partial charge in [0.15, 0.2) is 0 Å². The molecule has 0 heterocycles. The molecule has 0 saturated carbocycles. The van der Waals surface area contributed by atoms with Crippen LogP contribution in [-0.2, 0) is 24.0 Å². The van der Waals surface area contributed by atoms with Gasteiger partial charge in [0, 0.05) is 0 Å². The first-order valence-corrected chi connectivity index (χ1v) is 4.66. The van der Waals surface area contributed by atoms with E-state index in [2.05, 4.69) is 0 Å². The Hall–Kier alpha value is -2.65. The number of carboxylic acids is 5. The van der Waals surface area contributed by atoms with Gasteiger partial charge in [0.1, 0.15) is 6.42 Å². The van der Waals surface area contributed by atoms with Gasteiger partial charge in [-0.1, -0.05) is 0 Å². The van der Waals surface area contributed by atoms with Gasteiger partial charge in [0.25, 0.3) is 0 Å². The summed E-state index contributed by atoms with van der Waals surface area (Å²) >= 11 is 0. The molecule has 0 aromatic rings. The summed E-state index contributed by atoms with van der Waals surface area (Å²) < 4.78 is 0. The van der Waals surface area contributed by atoms with Crippen LogP contribution in [0.2, 0.25) is 0 Å². The first kappa shape index (κ1) is 18.7. The van der Waals surface area contributed by atoms with Gasteiger partial charge >= 0.3 is 29.8 Å². The quantitative estimate of drug-likeness (QED) is 0.368. The highest BCUT2D eigenvalue weighted by atomic mass is 16.4. The van der Waals surface area contributed by atoms with Crippen LogP contribution in [0.3, 0.4) is 0 Å². The zero-order valence-electron chi connectivity index (χ0n) is 9.48. The summed E-state index contributed by atoms with van der Waals surface area (Å²) in [5.41, 5.74) is 0. The van der Waals surface area contributed by atoms with Crippen molar-refractivity contribution in [3.8, 4) is 0 Å². The Kier molecular flexibility index (Phi) is 9.24. The van der Waals surface area contributed by atoms with Crippen molar-refractivity contribution in [2.75, 3.05) is 0 Å². The number of aliphatic carboxylic acids is 5. The van der Waals surface area contributed by atoms with Crippen LogP contribution in [0.5, 0.6) is 0 Å². The van der Waals surface area contributed by atoms with E-state index in [-0.39, 0.29) is 0 Å². The van der Waals surface area contributed by atoms with Crippen molar-refractivity contribution in [2.24, 2.45) is 5.92 Å². The Morgan fingerprint density at radius 1 is 0.632 bits per heavy atom. The molecule has 0 spiro atoms. The number of carboxylic acid groups (broad SMARTS) is 5. The van der Waals surface area contributed by atoms with Gasteiger partial charge in [-0.3, -0.25) is 24.0 Å². The van der Waals surface area contributed by atoms with Crippen LogP contribution in [0, 0.1) is 5.92 Å². The fourth-order valence-electron chi connectivity index (χ4n) is 0.798. The Morgan fingerprint density at radius 2 is 0.947 bits per heavy atom.